The van der Waals surface area contributed by atoms with Crippen LogP contribution in [0.1, 0.15) is 12.0 Å². The average Bonchev–Trinajstić information content (AvgIpc) is 2.67. The number of cyclic esters (lactones) is 1. The third-order valence-corrected chi connectivity index (χ3v) is 2.76. The molecule has 0 radical (unpaired) electrons. The first-order valence-electron chi connectivity index (χ1n) is 5.10. The van der Waals surface area contributed by atoms with Crippen LogP contribution in [-0.4, -0.2) is 12.6 Å². The molecule has 2 rings (SSSR count). The predicted molar refractivity (Wildman–Crippen MR) is 62.0 cm³/mol. The maximum Gasteiger partial charge on any atom is 0.335 e. The fraction of sp³-hybridized carbons (Fsp3) is 0.250. The van der Waals surface area contributed by atoms with Gasteiger partial charge in [0.15, 0.2) is 0 Å². The van der Waals surface area contributed by atoms with Gasteiger partial charge in [0.05, 0.1) is 12.2 Å². The molecule has 1 aromatic rings. The van der Waals surface area contributed by atoms with Crippen molar-refractivity contribution in [1.29, 1.82) is 0 Å². The van der Waals surface area contributed by atoms with Crippen LogP contribution in [0.2, 0.25) is 5.02 Å². The zero-order chi connectivity index (χ0) is 11.4. The standard InChI is InChI=1S/C12H12ClNO2/c13-11-4-2-1-3-9(11)7-14-8-10-5-6-16-12(10)15/h1-4,8,14H,5-7H2. The number of hydrogen-bond donors (Lipinski definition) is 1. The molecule has 0 amide bonds. The minimum atomic E-state index is -0.230. The van der Waals surface area contributed by atoms with E-state index in [2.05, 4.69) is 5.32 Å². The second kappa shape index (κ2) is 5.03. The minimum Gasteiger partial charge on any atom is -0.462 e. The molecule has 1 aromatic carbocycles. The number of rotatable bonds is 3. The summed E-state index contributed by atoms with van der Waals surface area (Å²) in [5.74, 6) is -0.230. The van der Waals surface area contributed by atoms with Gasteiger partial charge in [-0.3, -0.25) is 0 Å². The fourth-order valence-corrected chi connectivity index (χ4v) is 1.71. The molecule has 1 aliphatic rings. The summed E-state index contributed by atoms with van der Waals surface area (Å²) in [6.45, 7) is 1.09. The zero-order valence-electron chi connectivity index (χ0n) is 8.70. The highest BCUT2D eigenvalue weighted by atomic mass is 35.5. The summed E-state index contributed by atoms with van der Waals surface area (Å²) in [4.78, 5) is 11.1. The van der Waals surface area contributed by atoms with Gasteiger partial charge in [-0.05, 0) is 11.6 Å². The van der Waals surface area contributed by atoms with Crippen LogP contribution in [0.15, 0.2) is 36.0 Å². The molecular weight excluding hydrogens is 226 g/mol. The quantitative estimate of drug-likeness (QED) is 0.647. The Labute approximate surface area is 99.1 Å². The molecule has 1 fully saturated rings. The topological polar surface area (TPSA) is 38.3 Å². The van der Waals surface area contributed by atoms with E-state index in [1.807, 2.05) is 24.3 Å². The molecule has 1 saturated heterocycles. The zero-order valence-corrected chi connectivity index (χ0v) is 9.46. The molecule has 0 spiro atoms. The van der Waals surface area contributed by atoms with Gasteiger partial charge >= 0.3 is 5.97 Å². The van der Waals surface area contributed by atoms with Crippen molar-refractivity contribution in [3.63, 3.8) is 0 Å². The summed E-state index contributed by atoms with van der Waals surface area (Å²) in [6.07, 6.45) is 2.38. The first-order valence-corrected chi connectivity index (χ1v) is 5.48. The van der Waals surface area contributed by atoms with Gasteiger partial charge in [-0.1, -0.05) is 29.8 Å². The fourth-order valence-electron chi connectivity index (χ4n) is 1.51. The lowest BCUT2D eigenvalue weighted by Gasteiger charge is -2.03. The molecule has 0 aliphatic carbocycles. The van der Waals surface area contributed by atoms with Gasteiger partial charge in [0.1, 0.15) is 0 Å². The molecule has 0 atom stereocenters. The van der Waals surface area contributed by atoms with E-state index < -0.39 is 0 Å². The van der Waals surface area contributed by atoms with E-state index in [0.717, 1.165) is 10.6 Å². The molecule has 0 aromatic heterocycles. The number of ether oxygens (including phenoxy) is 1. The molecule has 84 valence electrons. The SMILES string of the molecule is O=C1OCCC1=CNCc1ccccc1Cl. The Morgan fingerprint density at radius 1 is 1.44 bits per heavy atom. The highest BCUT2D eigenvalue weighted by Crippen LogP contribution is 2.15. The van der Waals surface area contributed by atoms with Gasteiger partial charge < -0.3 is 10.1 Å². The monoisotopic (exact) mass is 237 g/mol. The van der Waals surface area contributed by atoms with Crippen molar-refractivity contribution in [1.82, 2.24) is 5.32 Å². The van der Waals surface area contributed by atoms with Gasteiger partial charge in [0, 0.05) is 24.2 Å². The summed E-state index contributed by atoms with van der Waals surface area (Å²) in [6, 6.07) is 7.61. The van der Waals surface area contributed by atoms with E-state index in [4.69, 9.17) is 16.3 Å². The Hall–Kier alpha value is -1.48. The predicted octanol–water partition coefficient (Wildman–Crippen LogP) is 2.26. The number of halogens is 1. The third-order valence-electron chi connectivity index (χ3n) is 2.39. The first kappa shape index (κ1) is 11.0. The van der Waals surface area contributed by atoms with Crippen molar-refractivity contribution >= 4 is 17.6 Å². The molecule has 0 unspecified atom stereocenters. The molecular formula is C12H12ClNO2. The summed E-state index contributed by atoms with van der Waals surface area (Å²) in [5.41, 5.74) is 1.69. The number of esters is 1. The smallest absolute Gasteiger partial charge is 0.335 e. The van der Waals surface area contributed by atoms with Crippen LogP contribution in [0.4, 0.5) is 0 Å². The van der Waals surface area contributed by atoms with Crippen LogP contribution < -0.4 is 5.32 Å². The molecule has 0 saturated carbocycles. The van der Waals surface area contributed by atoms with E-state index >= 15 is 0 Å². The first-order chi connectivity index (χ1) is 7.77. The Balaban J connectivity index is 1.93. The summed E-state index contributed by atoms with van der Waals surface area (Å²) < 4.78 is 4.82. The summed E-state index contributed by atoms with van der Waals surface area (Å²) in [7, 11) is 0. The van der Waals surface area contributed by atoms with Gasteiger partial charge in [0.2, 0.25) is 0 Å². The van der Waals surface area contributed by atoms with E-state index in [-0.39, 0.29) is 5.97 Å². The van der Waals surface area contributed by atoms with Crippen LogP contribution in [-0.2, 0) is 16.1 Å². The van der Waals surface area contributed by atoms with Gasteiger partial charge in [-0.2, -0.15) is 0 Å². The van der Waals surface area contributed by atoms with Crippen LogP contribution >= 0.6 is 11.6 Å². The molecule has 16 heavy (non-hydrogen) atoms. The van der Waals surface area contributed by atoms with E-state index in [1.165, 1.54) is 0 Å². The van der Waals surface area contributed by atoms with Gasteiger partial charge in [0.25, 0.3) is 0 Å². The largest absolute Gasteiger partial charge is 0.462 e. The molecule has 4 heteroatoms. The maximum atomic E-state index is 11.1. The van der Waals surface area contributed by atoms with Crippen molar-refractivity contribution in [2.75, 3.05) is 6.61 Å². The third kappa shape index (κ3) is 2.55. The summed E-state index contributed by atoms with van der Waals surface area (Å²) >= 11 is 6.00. The minimum absolute atomic E-state index is 0.230. The molecule has 1 heterocycles. The second-order valence-corrected chi connectivity index (χ2v) is 3.94. The second-order valence-electron chi connectivity index (χ2n) is 3.53. The number of nitrogens with one attached hydrogen (secondary N) is 1. The summed E-state index contributed by atoms with van der Waals surface area (Å²) in [5, 5.41) is 3.79. The Kier molecular flexibility index (Phi) is 3.47. The normalized spacial score (nSPS) is 17.6. The lowest BCUT2D eigenvalue weighted by atomic mass is 10.2. The lowest BCUT2D eigenvalue weighted by Crippen LogP contribution is -2.08. The van der Waals surface area contributed by atoms with Crippen molar-refractivity contribution in [3.8, 4) is 0 Å². The van der Waals surface area contributed by atoms with Crippen molar-refractivity contribution in [2.24, 2.45) is 0 Å². The highest BCUT2D eigenvalue weighted by molar-refractivity contribution is 6.31. The van der Waals surface area contributed by atoms with Crippen LogP contribution in [0.25, 0.3) is 0 Å². The number of hydrogen-bond acceptors (Lipinski definition) is 3. The highest BCUT2D eigenvalue weighted by Gasteiger charge is 2.17. The van der Waals surface area contributed by atoms with Crippen LogP contribution in [0, 0.1) is 0 Å². The molecule has 1 aliphatic heterocycles. The van der Waals surface area contributed by atoms with Crippen molar-refractivity contribution < 1.29 is 9.53 Å². The number of carbonyl (C=O) groups is 1. The van der Waals surface area contributed by atoms with Gasteiger partial charge in [-0.25, -0.2) is 4.79 Å². The van der Waals surface area contributed by atoms with Crippen LogP contribution in [0.5, 0.6) is 0 Å². The molecule has 3 nitrogen and oxygen atoms in total. The van der Waals surface area contributed by atoms with Crippen LogP contribution in [0.3, 0.4) is 0 Å². The molecule has 0 bridgehead atoms. The Morgan fingerprint density at radius 3 is 2.94 bits per heavy atom. The van der Waals surface area contributed by atoms with E-state index in [9.17, 15) is 4.79 Å². The van der Waals surface area contributed by atoms with E-state index in [0.29, 0.717) is 25.1 Å². The van der Waals surface area contributed by atoms with E-state index in [1.54, 1.807) is 6.20 Å². The lowest BCUT2D eigenvalue weighted by molar-refractivity contribution is -0.135. The van der Waals surface area contributed by atoms with Gasteiger partial charge in [-0.15, -0.1) is 0 Å². The van der Waals surface area contributed by atoms with Crippen molar-refractivity contribution in [2.45, 2.75) is 13.0 Å². The maximum absolute atomic E-state index is 11.1. The van der Waals surface area contributed by atoms with Crippen molar-refractivity contribution in [3.05, 3.63) is 46.6 Å². The Bertz CT molecular complexity index is 429. The Morgan fingerprint density at radius 2 is 2.25 bits per heavy atom. The average molecular weight is 238 g/mol. The number of carbonyl (C=O) groups excluding carboxylic acids is 1. The molecule has 1 N–H and O–H groups in total. The number of benzene rings is 1.